The summed E-state index contributed by atoms with van der Waals surface area (Å²) < 4.78 is 20.3. The number of ether oxygens (including phenoxy) is 1. The average molecular weight is 369 g/mol. The van der Waals surface area contributed by atoms with Gasteiger partial charge in [0.25, 0.3) is 5.91 Å². The van der Waals surface area contributed by atoms with Gasteiger partial charge in [0.05, 0.1) is 17.5 Å². The molecule has 5 heteroatoms. The first kappa shape index (κ1) is 17.2. The predicted molar refractivity (Wildman–Crippen MR) is 102 cm³/mol. The predicted octanol–water partition coefficient (Wildman–Crippen LogP) is 5.07. The zero-order chi connectivity index (χ0) is 18.1. The molecular weight excluding hydrogens is 349 g/mol. The average Bonchev–Trinajstić information content (AvgIpc) is 3.42. The summed E-state index contributed by atoms with van der Waals surface area (Å²) in [5, 5.41) is 3.68. The molecule has 1 aliphatic carbocycles. The zero-order valence-electron chi connectivity index (χ0n) is 14.5. The molecule has 0 radical (unpaired) electrons. The second kappa shape index (κ2) is 7.17. The van der Waals surface area contributed by atoms with Gasteiger partial charge in [0.1, 0.15) is 5.82 Å². The van der Waals surface area contributed by atoms with Crippen molar-refractivity contribution >= 4 is 27.3 Å². The second-order valence-corrected chi connectivity index (χ2v) is 7.71. The molecule has 3 aromatic rings. The fourth-order valence-corrected chi connectivity index (χ4v) is 4.53. The van der Waals surface area contributed by atoms with Crippen molar-refractivity contribution in [2.24, 2.45) is 5.92 Å². The van der Waals surface area contributed by atoms with Crippen LogP contribution >= 0.6 is 11.3 Å². The van der Waals surface area contributed by atoms with Crippen molar-refractivity contribution in [3.8, 4) is 0 Å². The van der Waals surface area contributed by atoms with E-state index in [1.807, 2.05) is 36.4 Å². The van der Waals surface area contributed by atoms with E-state index in [1.165, 1.54) is 17.4 Å². The van der Waals surface area contributed by atoms with Gasteiger partial charge < -0.3 is 10.1 Å². The third-order valence-electron chi connectivity index (χ3n) is 4.80. The molecule has 1 fully saturated rings. The number of hydrogen-bond acceptors (Lipinski definition) is 3. The molecular formula is C21H20FNO2S. The van der Waals surface area contributed by atoms with Crippen LogP contribution in [0, 0.1) is 11.7 Å². The summed E-state index contributed by atoms with van der Waals surface area (Å²) in [4.78, 5) is 13.6. The molecule has 2 aromatic carbocycles. The van der Waals surface area contributed by atoms with Crippen LogP contribution in [0.4, 0.5) is 4.39 Å². The summed E-state index contributed by atoms with van der Waals surface area (Å²) in [6.07, 6.45) is 2.23. The van der Waals surface area contributed by atoms with Crippen LogP contribution < -0.4 is 5.32 Å². The number of carbonyl (C=O) groups is 1. The van der Waals surface area contributed by atoms with Gasteiger partial charge in [-0.2, -0.15) is 0 Å². The summed E-state index contributed by atoms with van der Waals surface area (Å²) in [6.45, 7) is 0.211. The van der Waals surface area contributed by atoms with E-state index in [-0.39, 0.29) is 24.4 Å². The van der Waals surface area contributed by atoms with Crippen molar-refractivity contribution in [1.29, 1.82) is 0 Å². The Morgan fingerprint density at radius 3 is 2.69 bits per heavy atom. The van der Waals surface area contributed by atoms with Crippen LogP contribution in [0.5, 0.6) is 0 Å². The Hall–Kier alpha value is -2.24. The van der Waals surface area contributed by atoms with Crippen molar-refractivity contribution in [3.05, 3.63) is 70.4 Å². The molecule has 4 rings (SSSR count). The van der Waals surface area contributed by atoms with Crippen molar-refractivity contribution < 1.29 is 13.9 Å². The number of amides is 1. The monoisotopic (exact) mass is 369 g/mol. The highest BCUT2D eigenvalue weighted by molar-refractivity contribution is 7.21. The number of fused-ring (bicyclic) bond motifs is 1. The largest absolute Gasteiger partial charge is 0.380 e. The van der Waals surface area contributed by atoms with Crippen LogP contribution in [0.2, 0.25) is 0 Å². The van der Waals surface area contributed by atoms with E-state index in [9.17, 15) is 9.18 Å². The van der Waals surface area contributed by atoms with Crippen molar-refractivity contribution in [2.45, 2.75) is 25.5 Å². The number of nitrogens with one attached hydrogen (secondary N) is 1. The van der Waals surface area contributed by atoms with E-state index in [1.54, 1.807) is 13.2 Å². The first-order valence-corrected chi connectivity index (χ1v) is 9.55. The maximum atomic E-state index is 14.3. The van der Waals surface area contributed by atoms with Crippen LogP contribution in [-0.2, 0) is 11.3 Å². The lowest BCUT2D eigenvalue weighted by atomic mass is 10.0. The third-order valence-corrected chi connectivity index (χ3v) is 5.99. The van der Waals surface area contributed by atoms with Gasteiger partial charge in [0, 0.05) is 22.8 Å². The minimum atomic E-state index is -0.313. The van der Waals surface area contributed by atoms with E-state index in [2.05, 4.69) is 5.32 Å². The van der Waals surface area contributed by atoms with Crippen molar-refractivity contribution in [3.63, 3.8) is 0 Å². The highest BCUT2D eigenvalue weighted by Gasteiger charge is 2.34. The summed E-state index contributed by atoms with van der Waals surface area (Å²) in [5.74, 6) is 0.00314. The fourth-order valence-electron chi connectivity index (χ4n) is 3.40. The highest BCUT2D eigenvalue weighted by atomic mass is 32.1. The van der Waals surface area contributed by atoms with Gasteiger partial charge in [0.15, 0.2) is 0 Å². The number of carbonyl (C=O) groups excluding carboxylic acids is 1. The molecule has 1 aliphatic rings. The number of halogens is 1. The van der Waals surface area contributed by atoms with E-state index in [0.717, 1.165) is 23.1 Å². The summed E-state index contributed by atoms with van der Waals surface area (Å²) >= 11 is 1.32. The smallest absolute Gasteiger partial charge is 0.262 e. The third kappa shape index (κ3) is 3.24. The summed E-state index contributed by atoms with van der Waals surface area (Å²) in [6, 6.07) is 15.0. The maximum Gasteiger partial charge on any atom is 0.262 e. The Morgan fingerprint density at radius 1 is 1.23 bits per heavy atom. The molecule has 0 bridgehead atoms. The van der Waals surface area contributed by atoms with Crippen LogP contribution in [0.3, 0.4) is 0 Å². The SMILES string of the molecule is COCc1c(C(=O)NC(c2ccccc2)C2CC2)sc2cccc(F)c12. The molecule has 1 atom stereocenters. The van der Waals surface area contributed by atoms with E-state index in [0.29, 0.717) is 21.7 Å². The number of benzene rings is 2. The van der Waals surface area contributed by atoms with Crippen LogP contribution in [0.1, 0.15) is 39.7 Å². The van der Waals surface area contributed by atoms with E-state index in [4.69, 9.17) is 4.74 Å². The van der Waals surface area contributed by atoms with Crippen molar-refractivity contribution in [1.82, 2.24) is 5.32 Å². The van der Waals surface area contributed by atoms with Gasteiger partial charge in [-0.3, -0.25) is 4.79 Å². The van der Waals surface area contributed by atoms with Gasteiger partial charge in [-0.05, 0) is 36.5 Å². The zero-order valence-corrected chi connectivity index (χ0v) is 15.3. The van der Waals surface area contributed by atoms with Crippen LogP contribution in [0.25, 0.3) is 10.1 Å². The molecule has 0 spiro atoms. The second-order valence-electron chi connectivity index (χ2n) is 6.65. The molecule has 3 nitrogen and oxygen atoms in total. The standard InChI is InChI=1S/C21H20FNO2S/c1-25-12-15-18-16(22)8-5-9-17(18)26-20(15)21(24)23-19(14-10-11-14)13-6-3-2-4-7-13/h2-9,14,19H,10-12H2,1H3,(H,23,24). The lowest BCUT2D eigenvalue weighted by Crippen LogP contribution is -2.30. The molecule has 1 unspecified atom stereocenters. The maximum absolute atomic E-state index is 14.3. The van der Waals surface area contributed by atoms with Gasteiger partial charge in [-0.1, -0.05) is 36.4 Å². The minimum absolute atomic E-state index is 0.00541. The molecule has 26 heavy (non-hydrogen) atoms. The topological polar surface area (TPSA) is 38.3 Å². The van der Waals surface area contributed by atoms with Gasteiger partial charge >= 0.3 is 0 Å². The first-order valence-electron chi connectivity index (χ1n) is 8.73. The molecule has 1 N–H and O–H groups in total. The number of rotatable bonds is 6. The first-order chi connectivity index (χ1) is 12.7. The lowest BCUT2D eigenvalue weighted by Gasteiger charge is -2.19. The molecule has 1 saturated carbocycles. The van der Waals surface area contributed by atoms with Gasteiger partial charge in [0.2, 0.25) is 0 Å². The number of thiophene rings is 1. The normalized spacial score (nSPS) is 15.2. The number of hydrogen-bond donors (Lipinski definition) is 1. The Morgan fingerprint density at radius 2 is 2.00 bits per heavy atom. The Labute approximate surface area is 155 Å². The van der Waals surface area contributed by atoms with Crippen molar-refractivity contribution in [2.75, 3.05) is 7.11 Å². The van der Waals surface area contributed by atoms with Crippen LogP contribution in [0.15, 0.2) is 48.5 Å². The van der Waals surface area contributed by atoms with Crippen LogP contribution in [-0.4, -0.2) is 13.0 Å². The Bertz CT molecular complexity index is 934. The Balaban J connectivity index is 1.69. The summed E-state index contributed by atoms with van der Waals surface area (Å²) in [7, 11) is 1.56. The van der Waals surface area contributed by atoms with Gasteiger partial charge in [-0.15, -0.1) is 11.3 Å². The molecule has 134 valence electrons. The molecule has 1 heterocycles. The Kier molecular flexibility index (Phi) is 4.74. The van der Waals surface area contributed by atoms with E-state index < -0.39 is 0 Å². The lowest BCUT2D eigenvalue weighted by molar-refractivity contribution is 0.0931. The highest BCUT2D eigenvalue weighted by Crippen LogP contribution is 2.42. The minimum Gasteiger partial charge on any atom is -0.380 e. The van der Waals surface area contributed by atoms with Gasteiger partial charge in [-0.25, -0.2) is 4.39 Å². The molecule has 0 saturated heterocycles. The molecule has 1 amide bonds. The fraction of sp³-hybridized carbons (Fsp3) is 0.286. The molecule has 1 aromatic heterocycles. The summed E-state index contributed by atoms with van der Waals surface area (Å²) in [5.41, 5.74) is 1.75. The number of methoxy groups -OCH3 is 1. The molecule has 0 aliphatic heterocycles. The van der Waals surface area contributed by atoms with E-state index >= 15 is 0 Å². The quantitative estimate of drug-likeness (QED) is 0.659.